The van der Waals surface area contributed by atoms with E-state index in [0.717, 1.165) is 12.8 Å². The van der Waals surface area contributed by atoms with Crippen molar-refractivity contribution >= 4 is 0 Å². The van der Waals surface area contributed by atoms with Crippen LogP contribution in [-0.4, -0.2) is 22.4 Å². The van der Waals surface area contributed by atoms with Gasteiger partial charge in [0, 0.05) is 6.42 Å². The molecule has 0 aromatic rings. The molecule has 0 saturated carbocycles. The molecule has 14 heavy (non-hydrogen) atoms. The van der Waals surface area contributed by atoms with Gasteiger partial charge in [0.25, 0.3) is 0 Å². The van der Waals surface area contributed by atoms with Crippen LogP contribution in [0.15, 0.2) is 0 Å². The summed E-state index contributed by atoms with van der Waals surface area (Å²) in [4.78, 5) is 0. The summed E-state index contributed by atoms with van der Waals surface area (Å²) in [6.07, 6.45) is 10.4. The number of aliphatic hydroxyl groups excluding tert-OH is 2. The third-order valence-corrected chi connectivity index (χ3v) is 2.37. The molecule has 0 fully saturated rings. The quantitative estimate of drug-likeness (QED) is 0.463. The smallest absolute Gasteiger partial charge is 0.0907 e. The summed E-state index contributed by atoms with van der Waals surface area (Å²) in [5.41, 5.74) is 0. The van der Waals surface area contributed by atoms with Gasteiger partial charge >= 0.3 is 0 Å². The third-order valence-electron chi connectivity index (χ3n) is 2.37. The fraction of sp³-hybridized carbons (Fsp3) is 0.833. The maximum atomic E-state index is 9.46. The standard InChI is InChI=1S/C12H22O2/c1-3-5-6-7-8-10-12(14)11(13)9-4-2/h2,11-14H,3,5-10H2,1H3/t11-,12-/m0/s1. The van der Waals surface area contributed by atoms with Crippen molar-refractivity contribution in [3.05, 3.63) is 0 Å². The fourth-order valence-electron chi connectivity index (χ4n) is 1.41. The molecular weight excluding hydrogens is 176 g/mol. The molecule has 0 aliphatic rings. The lowest BCUT2D eigenvalue weighted by atomic mass is 10.0. The Labute approximate surface area is 87.3 Å². The second kappa shape index (κ2) is 9.05. The van der Waals surface area contributed by atoms with E-state index in [1.165, 1.54) is 19.3 Å². The summed E-state index contributed by atoms with van der Waals surface area (Å²) in [5.74, 6) is 2.35. The van der Waals surface area contributed by atoms with Crippen molar-refractivity contribution < 1.29 is 10.2 Å². The third kappa shape index (κ3) is 6.94. The number of aliphatic hydroxyl groups is 2. The van der Waals surface area contributed by atoms with Crippen LogP contribution in [0.4, 0.5) is 0 Å². The molecule has 2 nitrogen and oxygen atoms in total. The second-order valence-corrected chi connectivity index (χ2v) is 3.75. The van der Waals surface area contributed by atoms with Crippen molar-refractivity contribution in [1.29, 1.82) is 0 Å². The fourth-order valence-corrected chi connectivity index (χ4v) is 1.41. The van der Waals surface area contributed by atoms with E-state index in [9.17, 15) is 10.2 Å². The average molecular weight is 198 g/mol. The first-order valence-corrected chi connectivity index (χ1v) is 5.52. The van der Waals surface area contributed by atoms with Crippen molar-refractivity contribution in [2.45, 2.75) is 64.1 Å². The van der Waals surface area contributed by atoms with E-state index in [1.807, 2.05) is 0 Å². The highest BCUT2D eigenvalue weighted by Crippen LogP contribution is 2.10. The number of rotatable bonds is 8. The van der Waals surface area contributed by atoms with Crippen molar-refractivity contribution in [2.75, 3.05) is 0 Å². The highest BCUT2D eigenvalue weighted by Gasteiger charge is 2.13. The molecule has 0 unspecified atom stereocenters. The minimum atomic E-state index is -0.744. The molecule has 0 aromatic carbocycles. The molecule has 0 radical (unpaired) electrons. The first kappa shape index (κ1) is 13.5. The summed E-state index contributed by atoms with van der Waals surface area (Å²) in [6, 6.07) is 0. The van der Waals surface area contributed by atoms with Crippen LogP contribution in [0.2, 0.25) is 0 Å². The maximum absolute atomic E-state index is 9.46. The molecular formula is C12H22O2. The molecule has 0 aromatic heterocycles. The molecule has 2 heteroatoms. The zero-order valence-corrected chi connectivity index (χ0v) is 9.08. The van der Waals surface area contributed by atoms with E-state index < -0.39 is 12.2 Å². The predicted octanol–water partition coefficient (Wildman–Crippen LogP) is 2.09. The molecule has 2 atom stereocenters. The zero-order valence-electron chi connectivity index (χ0n) is 9.08. The second-order valence-electron chi connectivity index (χ2n) is 3.75. The lowest BCUT2D eigenvalue weighted by Gasteiger charge is -2.15. The van der Waals surface area contributed by atoms with Gasteiger partial charge in [-0.2, -0.15) is 0 Å². The molecule has 0 heterocycles. The van der Waals surface area contributed by atoms with Crippen LogP contribution in [0.25, 0.3) is 0 Å². The molecule has 2 N–H and O–H groups in total. The predicted molar refractivity (Wildman–Crippen MR) is 58.8 cm³/mol. The van der Waals surface area contributed by atoms with Gasteiger partial charge in [-0.1, -0.05) is 39.0 Å². The largest absolute Gasteiger partial charge is 0.390 e. The molecule has 0 spiro atoms. The highest BCUT2D eigenvalue weighted by atomic mass is 16.3. The lowest BCUT2D eigenvalue weighted by molar-refractivity contribution is 0.0165. The van der Waals surface area contributed by atoms with Gasteiger partial charge in [0.15, 0.2) is 0 Å². The van der Waals surface area contributed by atoms with Crippen LogP contribution in [0.3, 0.4) is 0 Å². The Balaban J connectivity index is 3.35. The molecule has 0 aliphatic carbocycles. The molecule has 0 saturated heterocycles. The van der Waals surface area contributed by atoms with E-state index in [-0.39, 0.29) is 6.42 Å². The molecule has 0 amide bonds. The van der Waals surface area contributed by atoms with Gasteiger partial charge in [-0.25, -0.2) is 0 Å². The van der Waals surface area contributed by atoms with E-state index in [0.29, 0.717) is 6.42 Å². The van der Waals surface area contributed by atoms with Crippen molar-refractivity contribution in [3.63, 3.8) is 0 Å². The molecule has 82 valence electrons. The Morgan fingerprint density at radius 1 is 1.07 bits per heavy atom. The monoisotopic (exact) mass is 198 g/mol. The topological polar surface area (TPSA) is 40.5 Å². The Kier molecular flexibility index (Phi) is 8.72. The number of unbranched alkanes of at least 4 members (excludes halogenated alkanes) is 4. The normalized spacial score (nSPS) is 14.7. The first-order valence-electron chi connectivity index (χ1n) is 5.52. The van der Waals surface area contributed by atoms with Crippen molar-refractivity contribution in [2.24, 2.45) is 0 Å². The molecule has 0 bridgehead atoms. The summed E-state index contributed by atoms with van der Waals surface area (Å²) in [6.45, 7) is 2.17. The number of hydrogen-bond donors (Lipinski definition) is 2. The van der Waals surface area contributed by atoms with Crippen LogP contribution in [0.1, 0.15) is 51.9 Å². The van der Waals surface area contributed by atoms with Gasteiger partial charge in [0.2, 0.25) is 0 Å². The van der Waals surface area contributed by atoms with E-state index >= 15 is 0 Å². The van der Waals surface area contributed by atoms with Crippen molar-refractivity contribution in [1.82, 2.24) is 0 Å². The Hall–Kier alpha value is -0.520. The SMILES string of the molecule is C#CC[C@H](O)[C@@H](O)CCCCCCC. The summed E-state index contributed by atoms with van der Waals surface area (Å²) < 4.78 is 0. The van der Waals surface area contributed by atoms with Gasteiger partial charge in [0.1, 0.15) is 0 Å². The zero-order chi connectivity index (χ0) is 10.8. The first-order chi connectivity index (χ1) is 6.72. The van der Waals surface area contributed by atoms with Gasteiger partial charge in [-0.15, -0.1) is 12.3 Å². The molecule has 0 rings (SSSR count). The Morgan fingerprint density at radius 3 is 2.29 bits per heavy atom. The maximum Gasteiger partial charge on any atom is 0.0907 e. The highest BCUT2D eigenvalue weighted by molar-refractivity contribution is 4.88. The summed E-state index contributed by atoms with van der Waals surface area (Å²) in [7, 11) is 0. The van der Waals surface area contributed by atoms with E-state index in [4.69, 9.17) is 6.42 Å². The van der Waals surface area contributed by atoms with Gasteiger partial charge < -0.3 is 10.2 Å². The summed E-state index contributed by atoms with van der Waals surface area (Å²) >= 11 is 0. The van der Waals surface area contributed by atoms with Crippen LogP contribution in [0.5, 0.6) is 0 Å². The van der Waals surface area contributed by atoms with Gasteiger partial charge in [-0.3, -0.25) is 0 Å². The minimum Gasteiger partial charge on any atom is -0.390 e. The number of terminal acetylenes is 1. The van der Waals surface area contributed by atoms with Crippen LogP contribution in [-0.2, 0) is 0 Å². The summed E-state index contributed by atoms with van der Waals surface area (Å²) in [5, 5.41) is 18.8. The molecule has 0 aliphatic heterocycles. The van der Waals surface area contributed by atoms with Gasteiger partial charge in [-0.05, 0) is 6.42 Å². The number of hydrogen-bond acceptors (Lipinski definition) is 2. The Bertz CT molecular complexity index is 160. The lowest BCUT2D eigenvalue weighted by Crippen LogP contribution is -2.25. The van der Waals surface area contributed by atoms with Crippen molar-refractivity contribution in [3.8, 4) is 12.3 Å². The average Bonchev–Trinajstić information content (AvgIpc) is 2.17. The van der Waals surface area contributed by atoms with E-state index in [2.05, 4.69) is 12.8 Å². The Morgan fingerprint density at radius 2 is 1.71 bits per heavy atom. The van der Waals surface area contributed by atoms with Crippen LogP contribution in [0, 0.1) is 12.3 Å². The van der Waals surface area contributed by atoms with E-state index in [1.54, 1.807) is 0 Å². The minimum absolute atomic E-state index is 0.246. The van der Waals surface area contributed by atoms with Gasteiger partial charge in [0.05, 0.1) is 12.2 Å². The van der Waals surface area contributed by atoms with Crippen LogP contribution < -0.4 is 0 Å². The van der Waals surface area contributed by atoms with Crippen LogP contribution >= 0.6 is 0 Å².